The van der Waals surface area contributed by atoms with E-state index in [0.717, 1.165) is 24.5 Å². The summed E-state index contributed by atoms with van der Waals surface area (Å²) in [5.41, 5.74) is -1.05. The summed E-state index contributed by atoms with van der Waals surface area (Å²) in [7, 11) is 0. The molecular formula is C10H15NO3S. The molecule has 1 saturated carbocycles. The van der Waals surface area contributed by atoms with E-state index >= 15 is 0 Å². The van der Waals surface area contributed by atoms with E-state index in [2.05, 4.69) is 0 Å². The molecule has 2 rings (SSSR count). The van der Waals surface area contributed by atoms with Crippen LogP contribution in [-0.2, 0) is 9.59 Å². The summed E-state index contributed by atoms with van der Waals surface area (Å²) < 4.78 is 0. The lowest BCUT2D eigenvalue weighted by atomic mass is 10.1. The van der Waals surface area contributed by atoms with Gasteiger partial charge in [0.1, 0.15) is 5.41 Å². The molecule has 1 aliphatic carbocycles. The third-order valence-corrected chi connectivity index (χ3v) is 4.13. The SMILES string of the molecule is O=C(O)C1(C(=O)N2CCCSCC2)CC1. The Morgan fingerprint density at radius 2 is 1.93 bits per heavy atom. The van der Waals surface area contributed by atoms with Crippen LogP contribution in [0.25, 0.3) is 0 Å². The Bertz CT molecular complexity index is 280. The van der Waals surface area contributed by atoms with Gasteiger partial charge in [-0.25, -0.2) is 0 Å². The summed E-state index contributed by atoms with van der Waals surface area (Å²) in [6.45, 7) is 1.43. The molecule has 2 aliphatic rings. The van der Waals surface area contributed by atoms with Crippen LogP contribution in [0.4, 0.5) is 0 Å². The van der Waals surface area contributed by atoms with E-state index in [4.69, 9.17) is 5.11 Å². The number of nitrogens with zero attached hydrogens (tertiary/aromatic N) is 1. The number of hydrogen-bond donors (Lipinski definition) is 1. The van der Waals surface area contributed by atoms with Gasteiger partial charge in [-0.2, -0.15) is 11.8 Å². The van der Waals surface area contributed by atoms with E-state index in [1.807, 2.05) is 11.8 Å². The average Bonchev–Trinajstić information content (AvgIpc) is 3.03. The molecule has 0 unspecified atom stereocenters. The first-order valence-electron chi connectivity index (χ1n) is 5.27. The normalized spacial score (nSPS) is 24.4. The maximum Gasteiger partial charge on any atom is 0.319 e. The highest BCUT2D eigenvalue weighted by molar-refractivity contribution is 7.99. The van der Waals surface area contributed by atoms with Crippen LogP contribution in [0, 0.1) is 5.41 Å². The van der Waals surface area contributed by atoms with Crippen molar-refractivity contribution < 1.29 is 14.7 Å². The predicted octanol–water partition coefficient (Wildman–Crippen LogP) is 0.817. The van der Waals surface area contributed by atoms with Crippen molar-refractivity contribution in [1.82, 2.24) is 4.90 Å². The van der Waals surface area contributed by atoms with E-state index in [1.54, 1.807) is 4.90 Å². The zero-order valence-electron chi connectivity index (χ0n) is 8.57. The van der Waals surface area contributed by atoms with Crippen molar-refractivity contribution in [1.29, 1.82) is 0 Å². The Labute approximate surface area is 93.0 Å². The van der Waals surface area contributed by atoms with Crippen molar-refractivity contribution in [2.75, 3.05) is 24.6 Å². The van der Waals surface area contributed by atoms with Crippen LogP contribution in [0.15, 0.2) is 0 Å². The van der Waals surface area contributed by atoms with Gasteiger partial charge in [-0.3, -0.25) is 9.59 Å². The maximum atomic E-state index is 12.0. The Kier molecular flexibility index (Phi) is 2.91. The summed E-state index contributed by atoms with van der Waals surface area (Å²) >= 11 is 1.84. The molecule has 0 bridgehead atoms. The second-order valence-electron chi connectivity index (χ2n) is 4.15. The number of carbonyl (C=O) groups is 2. The summed E-state index contributed by atoms with van der Waals surface area (Å²) in [4.78, 5) is 24.8. The Hall–Kier alpha value is -0.710. The van der Waals surface area contributed by atoms with E-state index in [9.17, 15) is 9.59 Å². The summed E-state index contributed by atoms with van der Waals surface area (Å²) in [5, 5.41) is 9.02. The molecular weight excluding hydrogens is 214 g/mol. The molecule has 1 saturated heterocycles. The van der Waals surface area contributed by atoms with Crippen molar-refractivity contribution in [2.24, 2.45) is 5.41 Å². The number of carboxylic acid groups (broad SMARTS) is 1. The van der Waals surface area contributed by atoms with Gasteiger partial charge in [0.2, 0.25) is 5.91 Å². The first-order valence-corrected chi connectivity index (χ1v) is 6.43. The monoisotopic (exact) mass is 229 g/mol. The fourth-order valence-corrected chi connectivity index (χ4v) is 2.78. The third kappa shape index (κ3) is 1.97. The quantitative estimate of drug-likeness (QED) is 0.712. The van der Waals surface area contributed by atoms with E-state index < -0.39 is 11.4 Å². The smallest absolute Gasteiger partial charge is 0.319 e. The molecule has 0 radical (unpaired) electrons. The minimum Gasteiger partial charge on any atom is -0.480 e. The topological polar surface area (TPSA) is 57.6 Å². The van der Waals surface area contributed by atoms with Crippen molar-refractivity contribution in [3.63, 3.8) is 0 Å². The minimum atomic E-state index is -1.05. The minimum absolute atomic E-state index is 0.155. The number of carboxylic acids is 1. The second-order valence-corrected chi connectivity index (χ2v) is 5.37. The van der Waals surface area contributed by atoms with Crippen LogP contribution >= 0.6 is 11.8 Å². The first-order chi connectivity index (χ1) is 7.17. The molecule has 15 heavy (non-hydrogen) atoms. The molecule has 0 aromatic rings. The number of aliphatic carboxylic acids is 1. The molecule has 5 heteroatoms. The molecule has 4 nitrogen and oxygen atoms in total. The van der Waals surface area contributed by atoms with E-state index in [1.165, 1.54) is 0 Å². The van der Waals surface area contributed by atoms with Crippen molar-refractivity contribution in [3.8, 4) is 0 Å². The van der Waals surface area contributed by atoms with Crippen LogP contribution in [-0.4, -0.2) is 46.5 Å². The van der Waals surface area contributed by atoms with Crippen molar-refractivity contribution in [3.05, 3.63) is 0 Å². The van der Waals surface area contributed by atoms with Gasteiger partial charge in [0.05, 0.1) is 0 Å². The molecule has 0 aromatic carbocycles. The Balaban J connectivity index is 2.03. The lowest BCUT2D eigenvalue weighted by molar-refractivity contribution is -0.153. The van der Waals surface area contributed by atoms with Gasteiger partial charge in [-0.15, -0.1) is 0 Å². The Morgan fingerprint density at radius 3 is 2.53 bits per heavy atom. The molecule has 2 fully saturated rings. The number of amides is 1. The van der Waals surface area contributed by atoms with Crippen molar-refractivity contribution in [2.45, 2.75) is 19.3 Å². The molecule has 1 aliphatic heterocycles. The van der Waals surface area contributed by atoms with Crippen LogP contribution in [0.2, 0.25) is 0 Å². The van der Waals surface area contributed by atoms with Crippen LogP contribution in [0.1, 0.15) is 19.3 Å². The van der Waals surface area contributed by atoms with E-state index in [0.29, 0.717) is 19.4 Å². The lowest BCUT2D eigenvalue weighted by Gasteiger charge is -2.23. The van der Waals surface area contributed by atoms with Gasteiger partial charge in [0, 0.05) is 18.8 Å². The van der Waals surface area contributed by atoms with Gasteiger partial charge < -0.3 is 10.0 Å². The van der Waals surface area contributed by atoms with Gasteiger partial charge in [-0.05, 0) is 25.0 Å². The zero-order valence-corrected chi connectivity index (χ0v) is 9.39. The maximum absolute atomic E-state index is 12.0. The highest BCUT2D eigenvalue weighted by Crippen LogP contribution is 2.47. The Morgan fingerprint density at radius 1 is 1.20 bits per heavy atom. The number of hydrogen-bond acceptors (Lipinski definition) is 3. The molecule has 0 aromatic heterocycles. The molecule has 1 heterocycles. The molecule has 1 N–H and O–H groups in total. The fourth-order valence-electron chi connectivity index (χ4n) is 1.90. The fraction of sp³-hybridized carbons (Fsp3) is 0.800. The van der Waals surface area contributed by atoms with E-state index in [-0.39, 0.29) is 5.91 Å². The molecule has 1 amide bonds. The standard InChI is InChI=1S/C10H15NO3S/c12-8(10(2-3-10)9(13)14)11-4-1-6-15-7-5-11/h1-7H2,(H,13,14). The van der Waals surface area contributed by atoms with Gasteiger partial charge >= 0.3 is 5.97 Å². The van der Waals surface area contributed by atoms with Crippen molar-refractivity contribution >= 4 is 23.6 Å². The zero-order chi connectivity index (χ0) is 10.9. The highest BCUT2D eigenvalue weighted by atomic mass is 32.2. The van der Waals surface area contributed by atoms with Gasteiger partial charge in [0.25, 0.3) is 0 Å². The average molecular weight is 229 g/mol. The largest absolute Gasteiger partial charge is 0.480 e. The van der Waals surface area contributed by atoms with Crippen LogP contribution < -0.4 is 0 Å². The number of carbonyl (C=O) groups excluding carboxylic acids is 1. The molecule has 0 atom stereocenters. The predicted molar refractivity (Wildman–Crippen MR) is 57.8 cm³/mol. The van der Waals surface area contributed by atoms with Crippen LogP contribution in [0.3, 0.4) is 0 Å². The number of rotatable bonds is 2. The van der Waals surface area contributed by atoms with Gasteiger partial charge in [-0.1, -0.05) is 0 Å². The van der Waals surface area contributed by atoms with Gasteiger partial charge in [0.15, 0.2) is 0 Å². The lowest BCUT2D eigenvalue weighted by Crippen LogP contribution is -2.42. The number of thioether (sulfide) groups is 1. The molecule has 0 spiro atoms. The summed E-state index contributed by atoms with van der Waals surface area (Å²) in [5.74, 6) is 0.910. The first kappa shape index (κ1) is 10.8. The third-order valence-electron chi connectivity index (χ3n) is 3.08. The summed E-state index contributed by atoms with van der Waals surface area (Å²) in [6.07, 6.45) is 2.02. The van der Waals surface area contributed by atoms with Crippen LogP contribution in [0.5, 0.6) is 0 Å². The highest BCUT2D eigenvalue weighted by Gasteiger charge is 2.58. The summed E-state index contributed by atoms with van der Waals surface area (Å²) in [6, 6.07) is 0. The second kappa shape index (κ2) is 4.04. The molecule has 84 valence electrons.